The number of aryl methyl sites for hydroxylation is 1. The molecule has 0 saturated carbocycles. The van der Waals surface area contributed by atoms with Crippen molar-refractivity contribution in [1.29, 1.82) is 0 Å². The van der Waals surface area contributed by atoms with Crippen LogP contribution in [0.2, 0.25) is 0 Å². The minimum absolute atomic E-state index is 0.614. The summed E-state index contributed by atoms with van der Waals surface area (Å²) in [6.45, 7) is 6.57. The highest BCUT2D eigenvalue weighted by Crippen LogP contribution is 2.08. The summed E-state index contributed by atoms with van der Waals surface area (Å²) in [5, 5.41) is 3.99. The maximum absolute atomic E-state index is 4.99. The van der Waals surface area contributed by atoms with E-state index in [0.717, 1.165) is 11.3 Å². The van der Waals surface area contributed by atoms with Gasteiger partial charge in [0, 0.05) is 5.56 Å². The molecule has 13 heavy (non-hydrogen) atoms. The molecular formula is C11H15NO. The zero-order chi connectivity index (χ0) is 9.68. The molecule has 2 nitrogen and oxygen atoms in total. The van der Waals surface area contributed by atoms with Crippen molar-refractivity contribution in [3.8, 4) is 0 Å². The molecule has 0 aliphatic rings. The van der Waals surface area contributed by atoms with E-state index in [-0.39, 0.29) is 0 Å². The van der Waals surface area contributed by atoms with Crippen molar-refractivity contribution >= 4 is 5.71 Å². The SMILES string of the molecule is CCON=C(C)c1ccccc1C. The van der Waals surface area contributed by atoms with Gasteiger partial charge in [0.25, 0.3) is 0 Å². The number of oxime groups is 1. The Balaban J connectivity index is 2.88. The summed E-state index contributed by atoms with van der Waals surface area (Å²) in [6.07, 6.45) is 0. The van der Waals surface area contributed by atoms with E-state index in [2.05, 4.69) is 18.1 Å². The monoisotopic (exact) mass is 177 g/mol. The molecule has 1 rings (SSSR count). The van der Waals surface area contributed by atoms with Crippen molar-refractivity contribution in [3.63, 3.8) is 0 Å². The van der Waals surface area contributed by atoms with Crippen molar-refractivity contribution in [2.24, 2.45) is 5.16 Å². The molecule has 0 bridgehead atoms. The molecule has 0 saturated heterocycles. The molecule has 0 aliphatic heterocycles. The minimum Gasteiger partial charge on any atom is -0.396 e. The van der Waals surface area contributed by atoms with Crippen LogP contribution in [-0.2, 0) is 4.84 Å². The predicted octanol–water partition coefficient (Wildman–Crippen LogP) is 2.76. The van der Waals surface area contributed by atoms with Crippen LogP contribution in [0.4, 0.5) is 0 Å². The smallest absolute Gasteiger partial charge is 0.114 e. The van der Waals surface area contributed by atoms with Crippen LogP contribution in [0.25, 0.3) is 0 Å². The van der Waals surface area contributed by atoms with Crippen LogP contribution >= 0.6 is 0 Å². The first kappa shape index (κ1) is 9.78. The molecule has 0 radical (unpaired) electrons. The third kappa shape index (κ3) is 2.58. The van der Waals surface area contributed by atoms with Crippen molar-refractivity contribution in [2.45, 2.75) is 20.8 Å². The van der Waals surface area contributed by atoms with Crippen LogP contribution in [0.3, 0.4) is 0 Å². The zero-order valence-electron chi connectivity index (χ0n) is 8.37. The van der Waals surface area contributed by atoms with E-state index in [0.29, 0.717) is 6.61 Å². The van der Waals surface area contributed by atoms with Crippen molar-refractivity contribution in [2.75, 3.05) is 6.61 Å². The summed E-state index contributed by atoms with van der Waals surface area (Å²) >= 11 is 0. The molecule has 1 aromatic carbocycles. The number of hydrogen-bond acceptors (Lipinski definition) is 2. The molecule has 0 fully saturated rings. The highest BCUT2D eigenvalue weighted by molar-refractivity contribution is 5.99. The van der Waals surface area contributed by atoms with Crippen LogP contribution in [0.5, 0.6) is 0 Å². The van der Waals surface area contributed by atoms with Gasteiger partial charge in [-0.05, 0) is 26.3 Å². The highest BCUT2D eigenvalue weighted by Gasteiger charge is 2.00. The Labute approximate surface area is 79.2 Å². The van der Waals surface area contributed by atoms with Gasteiger partial charge in [-0.3, -0.25) is 0 Å². The van der Waals surface area contributed by atoms with Gasteiger partial charge >= 0.3 is 0 Å². The van der Waals surface area contributed by atoms with E-state index < -0.39 is 0 Å². The fourth-order valence-electron chi connectivity index (χ4n) is 1.19. The molecule has 0 N–H and O–H groups in total. The van der Waals surface area contributed by atoms with Crippen LogP contribution in [-0.4, -0.2) is 12.3 Å². The van der Waals surface area contributed by atoms with Gasteiger partial charge in [-0.15, -0.1) is 0 Å². The van der Waals surface area contributed by atoms with Crippen LogP contribution in [0.1, 0.15) is 25.0 Å². The van der Waals surface area contributed by atoms with Crippen molar-refractivity contribution in [3.05, 3.63) is 35.4 Å². The first-order chi connectivity index (χ1) is 6.25. The number of rotatable bonds is 3. The lowest BCUT2D eigenvalue weighted by atomic mass is 10.1. The van der Waals surface area contributed by atoms with Crippen molar-refractivity contribution < 1.29 is 4.84 Å². The first-order valence-corrected chi connectivity index (χ1v) is 4.48. The lowest BCUT2D eigenvalue weighted by molar-refractivity contribution is 0.159. The third-order valence-electron chi connectivity index (χ3n) is 1.87. The van der Waals surface area contributed by atoms with Crippen LogP contribution < -0.4 is 0 Å². The highest BCUT2D eigenvalue weighted by atomic mass is 16.6. The number of hydrogen-bond donors (Lipinski definition) is 0. The molecule has 0 spiro atoms. The Bertz CT molecular complexity index is 305. The van der Waals surface area contributed by atoms with Crippen molar-refractivity contribution in [1.82, 2.24) is 0 Å². The minimum atomic E-state index is 0.614. The molecule has 0 unspecified atom stereocenters. The number of nitrogens with zero attached hydrogens (tertiary/aromatic N) is 1. The molecule has 0 amide bonds. The van der Waals surface area contributed by atoms with E-state index in [9.17, 15) is 0 Å². The summed E-state index contributed by atoms with van der Waals surface area (Å²) in [6, 6.07) is 8.15. The fourth-order valence-corrected chi connectivity index (χ4v) is 1.19. The van der Waals surface area contributed by atoms with E-state index in [1.54, 1.807) is 0 Å². The molecule has 70 valence electrons. The Morgan fingerprint density at radius 2 is 2.08 bits per heavy atom. The van der Waals surface area contributed by atoms with Gasteiger partial charge < -0.3 is 4.84 Å². The summed E-state index contributed by atoms with van der Waals surface area (Å²) in [5.41, 5.74) is 3.30. The first-order valence-electron chi connectivity index (χ1n) is 4.48. The Morgan fingerprint density at radius 3 is 2.69 bits per heavy atom. The van der Waals surface area contributed by atoms with Gasteiger partial charge in [0.1, 0.15) is 6.61 Å². The Morgan fingerprint density at radius 1 is 1.38 bits per heavy atom. The van der Waals surface area contributed by atoms with Gasteiger partial charge in [0.15, 0.2) is 0 Å². The van der Waals surface area contributed by atoms with E-state index >= 15 is 0 Å². The summed E-state index contributed by atoms with van der Waals surface area (Å²) in [4.78, 5) is 4.99. The summed E-state index contributed by atoms with van der Waals surface area (Å²) in [7, 11) is 0. The summed E-state index contributed by atoms with van der Waals surface area (Å²) in [5.74, 6) is 0. The molecular weight excluding hydrogens is 162 g/mol. The molecule has 2 heteroatoms. The summed E-state index contributed by atoms with van der Waals surface area (Å²) < 4.78 is 0. The van der Waals surface area contributed by atoms with E-state index in [1.807, 2.05) is 32.0 Å². The molecule has 0 heterocycles. The quantitative estimate of drug-likeness (QED) is 0.514. The zero-order valence-corrected chi connectivity index (χ0v) is 8.37. The maximum Gasteiger partial charge on any atom is 0.114 e. The van der Waals surface area contributed by atoms with Gasteiger partial charge in [0.05, 0.1) is 5.71 Å². The number of benzene rings is 1. The van der Waals surface area contributed by atoms with Crippen LogP contribution in [0.15, 0.2) is 29.4 Å². The lowest BCUT2D eigenvalue weighted by Gasteiger charge is -2.03. The third-order valence-corrected chi connectivity index (χ3v) is 1.87. The Kier molecular flexibility index (Phi) is 3.50. The molecule has 0 aliphatic carbocycles. The van der Waals surface area contributed by atoms with Gasteiger partial charge in [-0.25, -0.2) is 0 Å². The average molecular weight is 177 g/mol. The van der Waals surface area contributed by atoms with Gasteiger partial charge in [-0.2, -0.15) is 0 Å². The predicted molar refractivity (Wildman–Crippen MR) is 55.0 cm³/mol. The largest absolute Gasteiger partial charge is 0.396 e. The van der Waals surface area contributed by atoms with Crippen LogP contribution in [0, 0.1) is 6.92 Å². The second kappa shape index (κ2) is 4.65. The topological polar surface area (TPSA) is 21.6 Å². The standard InChI is InChI=1S/C11H15NO/c1-4-13-12-10(3)11-8-6-5-7-9(11)2/h5-8H,4H2,1-3H3. The van der Waals surface area contributed by atoms with E-state index in [1.165, 1.54) is 5.56 Å². The molecule has 0 atom stereocenters. The van der Waals surface area contributed by atoms with Gasteiger partial charge in [-0.1, -0.05) is 29.4 Å². The maximum atomic E-state index is 4.99. The molecule has 1 aromatic rings. The van der Waals surface area contributed by atoms with E-state index in [4.69, 9.17) is 4.84 Å². The average Bonchev–Trinajstić information content (AvgIpc) is 2.15. The second-order valence-corrected chi connectivity index (χ2v) is 2.91. The van der Waals surface area contributed by atoms with Gasteiger partial charge in [0.2, 0.25) is 0 Å². The fraction of sp³-hybridized carbons (Fsp3) is 0.364. The normalized spacial score (nSPS) is 11.5. The molecule has 0 aromatic heterocycles. The second-order valence-electron chi connectivity index (χ2n) is 2.91. The lowest BCUT2D eigenvalue weighted by Crippen LogP contribution is -1.98. The Hall–Kier alpha value is -1.31.